The predicted octanol–water partition coefficient (Wildman–Crippen LogP) is 3.26. The molecule has 0 radical (unpaired) electrons. The Morgan fingerprint density at radius 3 is 2.26 bits per heavy atom. The standard InChI is InChI=1S/C23H27FN4O5S/c24-18-5-8-20(9-6-18)34(32,33)27-14-4-13-26(15-16-27)23(29)21-17-19(28(30)31)7-10-22(21)25-11-2-1-3-12-25/h5-10,17H,1-4,11-16H2. The fourth-order valence-electron chi connectivity index (χ4n) is 4.48. The van der Waals surface area contributed by atoms with Crippen molar-refractivity contribution in [3.05, 3.63) is 64.0 Å². The quantitative estimate of drug-likeness (QED) is 0.471. The van der Waals surface area contributed by atoms with Crippen LogP contribution in [-0.2, 0) is 10.0 Å². The van der Waals surface area contributed by atoms with Crippen LogP contribution in [0.4, 0.5) is 15.8 Å². The Balaban J connectivity index is 1.56. The predicted molar refractivity (Wildman–Crippen MR) is 125 cm³/mol. The molecule has 2 aliphatic heterocycles. The number of nitro groups is 1. The van der Waals surface area contributed by atoms with Crippen molar-refractivity contribution >= 4 is 27.3 Å². The van der Waals surface area contributed by atoms with Gasteiger partial charge in [0.2, 0.25) is 10.0 Å². The molecule has 11 heteroatoms. The van der Waals surface area contributed by atoms with E-state index in [1.807, 2.05) is 0 Å². The van der Waals surface area contributed by atoms with Crippen molar-refractivity contribution in [2.45, 2.75) is 30.6 Å². The van der Waals surface area contributed by atoms with Crippen LogP contribution in [0.15, 0.2) is 47.4 Å². The summed E-state index contributed by atoms with van der Waals surface area (Å²) in [6.45, 7) is 2.35. The number of halogens is 1. The van der Waals surface area contributed by atoms with Gasteiger partial charge in [0.1, 0.15) is 5.82 Å². The van der Waals surface area contributed by atoms with Gasteiger partial charge < -0.3 is 9.80 Å². The van der Waals surface area contributed by atoms with Gasteiger partial charge in [-0.15, -0.1) is 0 Å². The molecule has 0 aliphatic carbocycles. The van der Waals surface area contributed by atoms with Gasteiger partial charge in [-0.25, -0.2) is 12.8 Å². The van der Waals surface area contributed by atoms with Crippen LogP contribution in [0.2, 0.25) is 0 Å². The van der Waals surface area contributed by atoms with Crippen molar-refractivity contribution < 1.29 is 22.5 Å². The normalized spacial score (nSPS) is 17.9. The van der Waals surface area contributed by atoms with E-state index < -0.39 is 20.8 Å². The van der Waals surface area contributed by atoms with Crippen LogP contribution in [-0.4, -0.2) is 67.7 Å². The van der Waals surface area contributed by atoms with Crippen molar-refractivity contribution in [3.8, 4) is 0 Å². The SMILES string of the molecule is O=C(c1cc([N+](=O)[O-])ccc1N1CCCCC1)N1CCCN(S(=O)(=O)c2ccc(F)cc2)CC1. The first-order valence-corrected chi connectivity index (χ1v) is 12.8. The van der Waals surface area contributed by atoms with Gasteiger partial charge in [-0.2, -0.15) is 4.31 Å². The summed E-state index contributed by atoms with van der Waals surface area (Å²) < 4.78 is 40.5. The molecule has 2 fully saturated rings. The lowest BCUT2D eigenvalue weighted by Crippen LogP contribution is -2.38. The first kappa shape index (κ1) is 24.1. The number of sulfonamides is 1. The van der Waals surface area contributed by atoms with E-state index in [2.05, 4.69) is 4.90 Å². The number of non-ortho nitro benzene ring substituents is 1. The summed E-state index contributed by atoms with van der Waals surface area (Å²) in [4.78, 5) is 28.0. The number of anilines is 1. The number of hydrogen-bond acceptors (Lipinski definition) is 6. The zero-order chi connectivity index (χ0) is 24.3. The van der Waals surface area contributed by atoms with Gasteiger partial charge in [-0.3, -0.25) is 14.9 Å². The Hall–Kier alpha value is -3.05. The lowest BCUT2D eigenvalue weighted by Gasteiger charge is -2.31. The van der Waals surface area contributed by atoms with Crippen molar-refractivity contribution in [2.75, 3.05) is 44.2 Å². The molecule has 4 rings (SSSR count). The number of hydrogen-bond donors (Lipinski definition) is 0. The monoisotopic (exact) mass is 490 g/mol. The highest BCUT2D eigenvalue weighted by molar-refractivity contribution is 7.89. The van der Waals surface area contributed by atoms with Crippen LogP contribution in [0.25, 0.3) is 0 Å². The third kappa shape index (κ3) is 5.05. The number of carbonyl (C=O) groups is 1. The van der Waals surface area contributed by atoms with E-state index >= 15 is 0 Å². The van der Waals surface area contributed by atoms with E-state index in [1.165, 1.54) is 28.6 Å². The van der Waals surface area contributed by atoms with Gasteiger partial charge in [0.15, 0.2) is 0 Å². The number of nitro benzene ring substituents is 1. The fourth-order valence-corrected chi connectivity index (χ4v) is 5.95. The molecule has 0 atom stereocenters. The largest absolute Gasteiger partial charge is 0.371 e. The molecule has 182 valence electrons. The first-order chi connectivity index (χ1) is 16.3. The zero-order valence-corrected chi connectivity index (χ0v) is 19.5. The van der Waals surface area contributed by atoms with Gasteiger partial charge in [-0.05, 0) is 56.0 Å². The second kappa shape index (κ2) is 10.1. The molecule has 0 bridgehead atoms. The van der Waals surface area contributed by atoms with Crippen molar-refractivity contribution in [1.82, 2.24) is 9.21 Å². The molecule has 2 saturated heterocycles. The molecule has 2 heterocycles. The van der Waals surface area contributed by atoms with Gasteiger partial charge >= 0.3 is 0 Å². The maximum absolute atomic E-state index is 13.5. The number of rotatable bonds is 5. The number of carbonyl (C=O) groups excluding carboxylic acids is 1. The second-order valence-electron chi connectivity index (χ2n) is 8.51. The van der Waals surface area contributed by atoms with Gasteiger partial charge in [0.25, 0.3) is 11.6 Å². The van der Waals surface area contributed by atoms with E-state index in [0.717, 1.165) is 44.5 Å². The molecule has 0 spiro atoms. The van der Waals surface area contributed by atoms with Crippen LogP contribution in [0.1, 0.15) is 36.0 Å². The highest BCUT2D eigenvalue weighted by atomic mass is 32.2. The van der Waals surface area contributed by atoms with Crippen LogP contribution in [0.5, 0.6) is 0 Å². The summed E-state index contributed by atoms with van der Waals surface area (Å²) in [5.41, 5.74) is 0.792. The highest BCUT2D eigenvalue weighted by Gasteiger charge is 2.30. The average molecular weight is 491 g/mol. The van der Waals surface area contributed by atoms with E-state index in [9.17, 15) is 27.7 Å². The lowest BCUT2D eigenvalue weighted by atomic mass is 10.1. The minimum Gasteiger partial charge on any atom is -0.371 e. The summed E-state index contributed by atoms with van der Waals surface area (Å²) in [6, 6.07) is 9.04. The summed E-state index contributed by atoms with van der Waals surface area (Å²) >= 11 is 0. The second-order valence-corrected chi connectivity index (χ2v) is 10.4. The van der Waals surface area contributed by atoms with Crippen LogP contribution in [0, 0.1) is 15.9 Å². The Bertz CT molecular complexity index is 1170. The minimum absolute atomic E-state index is 0.000236. The molecule has 9 nitrogen and oxygen atoms in total. The Morgan fingerprint density at radius 1 is 0.882 bits per heavy atom. The summed E-state index contributed by atoms with van der Waals surface area (Å²) in [6.07, 6.45) is 3.51. The molecular formula is C23H27FN4O5S. The molecule has 34 heavy (non-hydrogen) atoms. The molecule has 1 amide bonds. The molecule has 2 aromatic rings. The van der Waals surface area contributed by atoms with Crippen LogP contribution in [0.3, 0.4) is 0 Å². The summed E-state index contributed by atoms with van der Waals surface area (Å²) in [5, 5.41) is 11.4. The Morgan fingerprint density at radius 2 is 1.59 bits per heavy atom. The fraction of sp³-hybridized carbons (Fsp3) is 0.435. The molecule has 0 unspecified atom stereocenters. The number of nitrogens with zero attached hydrogens (tertiary/aromatic N) is 4. The van der Waals surface area contributed by atoms with Gasteiger partial charge in [0, 0.05) is 51.4 Å². The third-order valence-corrected chi connectivity index (χ3v) is 8.22. The number of amides is 1. The van der Waals surface area contributed by atoms with Crippen molar-refractivity contribution in [3.63, 3.8) is 0 Å². The van der Waals surface area contributed by atoms with Crippen LogP contribution >= 0.6 is 0 Å². The molecule has 0 saturated carbocycles. The molecule has 0 N–H and O–H groups in total. The maximum Gasteiger partial charge on any atom is 0.270 e. The van der Waals surface area contributed by atoms with E-state index in [0.29, 0.717) is 18.7 Å². The first-order valence-electron chi connectivity index (χ1n) is 11.4. The van der Waals surface area contributed by atoms with Crippen LogP contribution < -0.4 is 4.90 Å². The lowest BCUT2D eigenvalue weighted by molar-refractivity contribution is -0.384. The van der Waals surface area contributed by atoms with Gasteiger partial charge in [-0.1, -0.05) is 0 Å². The van der Waals surface area contributed by atoms with Crippen molar-refractivity contribution in [2.24, 2.45) is 0 Å². The van der Waals surface area contributed by atoms with Crippen molar-refractivity contribution in [1.29, 1.82) is 0 Å². The molecule has 2 aromatic carbocycles. The topological polar surface area (TPSA) is 104 Å². The van der Waals surface area contributed by atoms with E-state index in [4.69, 9.17) is 0 Å². The van der Waals surface area contributed by atoms with E-state index in [1.54, 1.807) is 11.0 Å². The number of piperidine rings is 1. The summed E-state index contributed by atoms with van der Waals surface area (Å²) in [7, 11) is -3.83. The smallest absolute Gasteiger partial charge is 0.270 e. The Labute approximate surface area is 198 Å². The minimum atomic E-state index is -3.83. The highest BCUT2D eigenvalue weighted by Crippen LogP contribution is 2.29. The molecule has 0 aromatic heterocycles. The zero-order valence-electron chi connectivity index (χ0n) is 18.7. The maximum atomic E-state index is 13.5. The number of benzene rings is 2. The molecular weight excluding hydrogens is 463 g/mol. The molecule has 2 aliphatic rings. The van der Waals surface area contributed by atoms with E-state index in [-0.39, 0.29) is 41.7 Å². The Kier molecular flexibility index (Phi) is 7.13. The third-order valence-electron chi connectivity index (χ3n) is 6.31. The summed E-state index contributed by atoms with van der Waals surface area (Å²) in [5.74, 6) is -0.863. The average Bonchev–Trinajstić information content (AvgIpc) is 3.11. The van der Waals surface area contributed by atoms with Gasteiger partial charge in [0.05, 0.1) is 21.1 Å².